The lowest BCUT2D eigenvalue weighted by molar-refractivity contribution is 0.0563. The summed E-state index contributed by atoms with van der Waals surface area (Å²) in [4.78, 5) is 13.8. The molecule has 0 amide bonds. The summed E-state index contributed by atoms with van der Waals surface area (Å²) in [6.07, 6.45) is 5.21. The number of methoxy groups -OCH3 is 1. The van der Waals surface area contributed by atoms with Crippen molar-refractivity contribution in [1.82, 2.24) is 10.2 Å². The van der Waals surface area contributed by atoms with Crippen molar-refractivity contribution in [3.05, 3.63) is 23.7 Å². The van der Waals surface area contributed by atoms with Crippen LogP contribution in [0.15, 0.2) is 16.5 Å². The van der Waals surface area contributed by atoms with E-state index >= 15 is 0 Å². The summed E-state index contributed by atoms with van der Waals surface area (Å²) in [6, 6.07) is 3.46. The van der Waals surface area contributed by atoms with Gasteiger partial charge < -0.3 is 19.4 Å². The second-order valence-electron chi connectivity index (χ2n) is 5.19. The molecule has 112 valence electrons. The van der Waals surface area contributed by atoms with Crippen molar-refractivity contribution >= 4 is 5.97 Å². The summed E-state index contributed by atoms with van der Waals surface area (Å²) in [5.74, 6) is 0.599. The number of nitrogens with one attached hydrogen (secondary N) is 1. The molecule has 0 aliphatic carbocycles. The molecule has 1 fully saturated rings. The monoisotopic (exact) mass is 280 g/mol. The highest BCUT2D eigenvalue weighted by atomic mass is 16.5. The largest absolute Gasteiger partial charge is 0.463 e. The van der Waals surface area contributed by atoms with E-state index in [9.17, 15) is 4.79 Å². The van der Waals surface area contributed by atoms with Gasteiger partial charge in [0.25, 0.3) is 0 Å². The van der Waals surface area contributed by atoms with Crippen molar-refractivity contribution in [2.75, 3.05) is 33.3 Å². The molecule has 0 atom stereocenters. The predicted octanol–water partition coefficient (Wildman–Crippen LogP) is 2.03. The van der Waals surface area contributed by atoms with Crippen molar-refractivity contribution < 1.29 is 13.9 Å². The van der Waals surface area contributed by atoms with Gasteiger partial charge >= 0.3 is 5.97 Å². The van der Waals surface area contributed by atoms with Gasteiger partial charge in [-0.25, -0.2) is 4.79 Å². The van der Waals surface area contributed by atoms with Crippen LogP contribution in [0, 0.1) is 0 Å². The van der Waals surface area contributed by atoms with Crippen LogP contribution >= 0.6 is 0 Å². The molecule has 1 aromatic rings. The number of piperidine rings is 1. The zero-order valence-corrected chi connectivity index (χ0v) is 12.2. The third kappa shape index (κ3) is 4.65. The minimum absolute atomic E-state index is 0.262. The number of nitrogens with zero attached hydrogens (tertiary/aromatic N) is 1. The Morgan fingerprint density at radius 2 is 2.15 bits per heavy atom. The molecule has 20 heavy (non-hydrogen) atoms. The molecule has 1 saturated heterocycles. The Labute approximate surface area is 120 Å². The molecular formula is C15H24N2O3. The Morgan fingerprint density at radius 3 is 2.90 bits per heavy atom. The summed E-state index contributed by atoms with van der Waals surface area (Å²) in [5, 5.41) is 3.34. The lowest BCUT2D eigenvalue weighted by atomic mass is 10.1. The van der Waals surface area contributed by atoms with E-state index in [4.69, 9.17) is 4.42 Å². The molecule has 2 heterocycles. The first-order chi connectivity index (χ1) is 9.79. The molecule has 0 bridgehead atoms. The molecule has 1 aliphatic rings. The molecule has 2 rings (SSSR count). The molecule has 5 nitrogen and oxygen atoms in total. The number of carbonyl (C=O) groups excluding carboxylic acids is 1. The van der Waals surface area contributed by atoms with Gasteiger partial charge in [-0.05, 0) is 57.6 Å². The van der Waals surface area contributed by atoms with Gasteiger partial charge in [0.2, 0.25) is 5.76 Å². The van der Waals surface area contributed by atoms with Gasteiger partial charge in [-0.15, -0.1) is 0 Å². The molecule has 1 N–H and O–H groups in total. The molecule has 0 unspecified atom stereocenters. The highest BCUT2D eigenvalue weighted by molar-refractivity contribution is 5.86. The van der Waals surface area contributed by atoms with Gasteiger partial charge in [0.05, 0.1) is 13.7 Å². The molecular weight excluding hydrogens is 256 g/mol. The van der Waals surface area contributed by atoms with Crippen LogP contribution < -0.4 is 5.32 Å². The Kier molecular flexibility index (Phi) is 6.08. The average Bonchev–Trinajstić information content (AvgIpc) is 2.96. The zero-order valence-electron chi connectivity index (χ0n) is 12.2. The van der Waals surface area contributed by atoms with E-state index in [2.05, 4.69) is 15.0 Å². The summed E-state index contributed by atoms with van der Waals surface area (Å²) < 4.78 is 9.99. The van der Waals surface area contributed by atoms with Gasteiger partial charge in [-0.2, -0.15) is 0 Å². The van der Waals surface area contributed by atoms with Crippen LogP contribution in [0.2, 0.25) is 0 Å². The maximum absolute atomic E-state index is 11.2. The number of esters is 1. The van der Waals surface area contributed by atoms with E-state index in [1.54, 1.807) is 6.07 Å². The summed E-state index contributed by atoms with van der Waals surface area (Å²) >= 11 is 0. The van der Waals surface area contributed by atoms with Crippen LogP contribution in [0.4, 0.5) is 0 Å². The topological polar surface area (TPSA) is 54.7 Å². The number of hydrogen-bond donors (Lipinski definition) is 1. The number of likely N-dealkylation sites (tertiary alicyclic amines) is 1. The summed E-state index contributed by atoms with van der Waals surface area (Å²) in [7, 11) is 1.35. The first-order valence-corrected chi connectivity index (χ1v) is 7.39. The van der Waals surface area contributed by atoms with E-state index in [-0.39, 0.29) is 5.76 Å². The Morgan fingerprint density at radius 1 is 1.35 bits per heavy atom. The second-order valence-corrected chi connectivity index (χ2v) is 5.19. The maximum Gasteiger partial charge on any atom is 0.373 e. The Balaban J connectivity index is 1.58. The second kappa shape index (κ2) is 8.07. The fourth-order valence-corrected chi connectivity index (χ4v) is 2.51. The normalized spacial score (nSPS) is 16.2. The van der Waals surface area contributed by atoms with Crippen molar-refractivity contribution in [1.29, 1.82) is 0 Å². The molecule has 0 radical (unpaired) electrons. The molecule has 0 aromatic carbocycles. The fourth-order valence-electron chi connectivity index (χ4n) is 2.51. The number of ether oxygens (including phenoxy) is 1. The Bertz CT molecular complexity index is 411. The standard InChI is InChI=1S/C15H24N2O3/c1-19-15(18)14-7-6-13(20-14)12-16-8-5-11-17-9-3-2-4-10-17/h6-7,16H,2-5,8-12H2,1H3. The van der Waals surface area contributed by atoms with Crippen LogP contribution in [0.5, 0.6) is 0 Å². The smallest absolute Gasteiger partial charge is 0.373 e. The van der Waals surface area contributed by atoms with Crippen LogP contribution in [0.3, 0.4) is 0 Å². The SMILES string of the molecule is COC(=O)c1ccc(CNCCCN2CCCCC2)o1. The number of furan rings is 1. The van der Waals surface area contributed by atoms with Crippen LogP contribution in [-0.2, 0) is 11.3 Å². The summed E-state index contributed by atoms with van der Waals surface area (Å²) in [5.41, 5.74) is 0. The van der Waals surface area contributed by atoms with Crippen LogP contribution in [-0.4, -0.2) is 44.2 Å². The third-order valence-electron chi connectivity index (χ3n) is 3.62. The fraction of sp³-hybridized carbons (Fsp3) is 0.667. The van der Waals surface area contributed by atoms with Gasteiger partial charge in [-0.3, -0.25) is 0 Å². The van der Waals surface area contributed by atoms with Gasteiger partial charge in [0, 0.05) is 0 Å². The predicted molar refractivity (Wildman–Crippen MR) is 76.7 cm³/mol. The number of carbonyl (C=O) groups is 1. The van der Waals surface area contributed by atoms with E-state index in [1.807, 2.05) is 6.07 Å². The third-order valence-corrected chi connectivity index (χ3v) is 3.62. The van der Waals surface area contributed by atoms with Crippen LogP contribution in [0.25, 0.3) is 0 Å². The van der Waals surface area contributed by atoms with Crippen LogP contribution in [0.1, 0.15) is 42.0 Å². The lowest BCUT2D eigenvalue weighted by Gasteiger charge is -2.26. The number of rotatable bonds is 7. The zero-order chi connectivity index (χ0) is 14.2. The lowest BCUT2D eigenvalue weighted by Crippen LogP contribution is -2.32. The molecule has 0 spiro atoms. The van der Waals surface area contributed by atoms with Gasteiger partial charge in [-0.1, -0.05) is 6.42 Å². The van der Waals surface area contributed by atoms with Crippen molar-refractivity contribution in [3.63, 3.8) is 0 Å². The minimum Gasteiger partial charge on any atom is -0.463 e. The van der Waals surface area contributed by atoms with E-state index in [0.29, 0.717) is 6.54 Å². The highest BCUT2D eigenvalue weighted by Crippen LogP contribution is 2.09. The maximum atomic E-state index is 11.2. The average molecular weight is 280 g/mol. The first-order valence-electron chi connectivity index (χ1n) is 7.39. The molecule has 1 aromatic heterocycles. The van der Waals surface area contributed by atoms with Crippen molar-refractivity contribution in [2.45, 2.75) is 32.2 Å². The van der Waals surface area contributed by atoms with E-state index in [1.165, 1.54) is 46.0 Å². The van der Waals surface area contributed by atoms with Gasteiger partial charge in [0.15, 0.2) is 0 Å². The highest BCUT2D eigenvalue weighted by Gasteiger charge is 2.11. The molecule has 5 heteroatoms. The number of hydrogen-bond acceptors (Lipinski definition) is 5. The van der Waals surface area contributed by atoms with Crippen molar-refractivity contribution in [3.8, 4) is 0 Å². The van der Waals surface area contributed by atoms with Gasteiger partial charge in [0.1, 0.15) is 5.76 Å². The van der Waals surface area contributed by atoms with E-state index < -0.39 is 5.97 Å². The summed E-state index contributed by atoms with van der Waals surface area (Å²) in [6.45, 7) is 5.28. The molecule has 0 saturated carbocycles. The quantitative estimate of drug-likeness (QED) is 0.612. The van der Waals surface area contributed by atoms with E-state index in [0.717, 1.165) is 18.7 Å². The minimum atomic E-state index is -0.429. The first kappa shape index (κ1) is 15.1. The van der Waals surface area contributed by atoms with Crippen molar-refractivity contribution in [2.24, 2.45) is 0 Å². The Hall–Kier alpha value is -1.33. The molecule has 1 aliphatic heterocycles.